The lowest BCUT2D eigenvalue weighted by Gasteiger charge is -2.13. The van der Waals surface area contributed by atoms with Crippen LogP contribution in [0.3, 0.4) is 0 Å². The molecule has 0 heterocycles. The molecule has 0 saturated heterocycles. The number of aliphatic hydroxyl groups excluding tert-OH is 1. The van der Waals surface area contributed by atoms with Crippen LogP contribution in [0.4, 0.5) is 4.39 Å². The zero-order valence-corrected chi connectivity index (χ0v) is 11.1. The number of rotatable bonds is 5. The third-order valence-electron chi connectivity index (χ3n) is 3.37. The monoisotopic (exact) mass is 258 g/mol. The van der Waals surface area contributed by atoms with Crippen molar-refractivity contribution < 1.29 is 9.50 Å². The summed E-state index contributed by atoms with van der Waals surface area (Å²) in [5, 5.41) is 10.1. The van der Waals surface area contributed by atoms with E-state index in [1.54, 1.807) is 25.1 Å². The second kappa shape index (κ2) is 6.48. The minimum absolute atomic E-state index is 0.283. The van der Waals surface area contributed by atoms with Crippen LogP contribution in [0.5, 0.6) is 0 Å². The van der Waals surface area contributed by atoms with E-state index in [-0.39, 0.29) is 5.82 Å². The smallest absolute Gasteiger partial charge is 0.131 e. The number of aliphatic hydroxyl groups is 1. The second-order valence-corrected chi connectivity index (χ2v) is 4.87. The summed E-state index contributed by atoms with van der Waals surface area (Å²) < 4.78 is 13.8. The molecule has 1 N–H and O–H groups in total. The Labute approximate surface area is 113 Å². The van der Waals surface area contributed by atoms with Gasteiger partial charge in [0.25, 0.3) is 0 Å². The van der Waals surface area contributed by atoms with Crippen LogP contribution in [0.15, 0.2) is 48.5 Å². The summed E-state index contributed by atoms with van der Waals surface area (Å²) in [6.07, 6.45) is 1.61. The van der Waals surface area contributed by atoms with Crippen LogP contribution in [0.1, 0.15) is 35.6 Å². The summed E-state index contributed by atoms with van der Waals surface area (Å²) in [5.74, 6) is -0.283. The summed E-state index contributed by atoms with van der Waals surface area (Å²) >= 11 is 0. The van der Waals surface area contributed by atoms with Crippen LogP contribution < -0.4 is 0 Å². The Bertz CT molecular complexity index is 522. The Morgan fingerprint density at radius 2 is 1.79 bits per heavy atom. The van der Waals surface area contributed by atoms with Gasteiger partial charge in [0, 0.05) is 5.56 Å². The molecular formula is C17H19FO. The number of hydrogen-bond donors (Lipinski definition) is 1. The van der Waals surface area contributed by atoms with E-state index in [9.17, 15) is 9.50 Å². The van der Waals surface area contributed by atoms with Crippen molar-refractivity contribution in [2.24, 2.45) is 0 Å². The van der Waals surface area contributed by atoms with Crippen molar-refractivity contribution in [3.8, 4) is 0 Å². The molecule has 2 rings (SSSR count). The number of aryl methyl sites for hydroxylation is 2. The van der Waals surface area contributed by atoms with Crippen molar-refractivity contribution in [3.05, 3.63) is 71.0 Å². The number of benzene rings is 2. The number of halogens is 1. The van der Waals surface area contributed by atoms with Crippen molar-refractivity contribution in [2.45, 2.75) is 32.3 Å². The Kier molecular flexibility index (Phi) is 4.69. The first-order chi connectivity index (χ1) is 9.18. The van der Waals surface area contributed by atoms with E-state index in [0.717, 1.165) is 12.8 Å². The predicted octanol–water partition coefficient (Wildman–Crippen LogP) is 4.19. The Hall–Kier alpha value is -1.67. The summed E-state index contributed by atoms with van der Waals surface area (Å²) in [4.78, 5) is 0. The second-order valence-electron chi connectivity index (χ2n) is 4.87. The molecule has 0 aliphatic heterocycles. The van der Waals surface area contributed by atoms with Crippen LogP contribution in [0.25, 0.3) is 0 Å². The maximum atomic E-state index is 13.8. The van der Waals surface area contributed by atoms with Gasteiger partial charge in [0.1, 0.15) is 5.82 Å². The van der Waals surface area contributed by atoms with Gasteiger partial charge in [0.05, 0.1) is 6.10 Å². The molecule has 100 valence electrons. The van der Waals surface area contributed by atoms with Crippen LogP contribution >= 0.6 is 0 Å². The van der Waals surface area contributed by atoms with Crippen molar-refractivity contribution in [3.63, 3.8) is 0 Å². The molecule has 0 aromatic heterocycles. The fraction of sp³-hybridized carbons (Fsp3) is 0.294. The van der Waals surface area contributed by atoms with Gasteiger partial charge in [-0.15, -0.1) is 0 Å². The average molecular weight is 258 g/mol. The first-order valence-corrected chi connectivity index (χ1v) is 6.65. The van der Waals surface area contributed by atoms with Gasteiger partial charge in [-0.2, -0.15) is 0 Å². The maximum absolute atomic E-state index is 13.8. The lowest BCUT2D eigenvalue weighted by atomic mass is 9.99. The zero-order chi connectivity index (χ0) is 13.7. The highest BCUT2D eigenvalue weighted by Crippen LogP contribution is 2.23. The van der Waals surface area contributed by atoms with Crippen molar-refractivity contribution in [1.29, 1.82) is 0 Å². The molecule has 2 heteroatoms. The first kappa shape index (κ1) is 13.8. The average Bonchev–Trinajstić information content (AvgIpc) is 2.43. The van der Waals surface area contributed by atoms with Crippen molar-refractivity contribution >= 4 is 0 Å². The standard InChI is InChI=1S/C17H19FO/c1-13-7-5-11-15(17(13)18)16(19)12-6-10-14-8-3-2-4-9-14/h2-5,7-9,11,16,19H,6,10,12H2,1H3. The molecule has 0 spiro atoms. The summed E-state index contributed by atoms with van der Waals surface area (Å²) in [6, 6.07) is 15.3. The summed E-state index contributed by atoms with van der Waals surface area (Å²) in [6.45, 7) is 1.72. The molecule has 0 aliphatic rings. The first-order valence-electron chi connectivity index (χ1n) is 6.65. The van der Waals surface area contributed by atoms with Gasteiger partial charge in [-0.1, -0.05) is 48.5 Å². The minimum atomic E-state index is -0.719. The normalized spacial score (nSPS) is 12.4. The molecule has 0 radical (unpaired) electrons. The zero-order valence-electron chi connectivity index (χ0n) is 11.1. The van der Waals surface area contributed by atoms with Gasteiger partial charge in [-0.3, -0.25) is 0 Å². The topological polar surface area (TPSA) is 20.2 Å². The van der Waals surface area contributed by atoms with Crippen LogP contribution in [0.2, 0.25) is 0 Å². The minimum Gasteiger partial charge on any atom is -0.388 e. The van der Waals surface area contributed by atoms with Gasteiger partial charge >= 0.3 is 0 Å². The van der Waals surface area contributed by atoms with Crippen LogP contribution in [-0.4, -0.2) is 5.11 Å². The van der Waals surface area contributed by atoms with Gasteiger partial charge < -0.3 is 5.11 Å². The van der Waals surface area contributed by atoms with Gasteiger partial charge in [0.15, 0.2) is 0 Å². The van der Waals surface area contributed by atoms with Crippen molar-refractivity contribution in [2.75, 3.05) is 0 Å². The fourth-order valence-corrected chi connectivity index (χ4v) is 2.23. The van der Waals surface area contributed by atoms with E-state index in [2.05, 4.69) is 12.1 Å². The molecule has 1 unspecified atom stereocenters. The molecule has 1 atom stereocenters. The highest BCUT2D eigenvalue weighted by molar-refractivity contribution is 5.26. The number of hydrogen-bond acceptors (Lipinski definition) is 1. The molecule has 2 aromatic carbocycles. The van der Waals surface area contributed by atoms with E-state index in [0.29, 0.717) is 17.5 Å². The lowest BCUT2D eigenvalue weighted by molar-refractivity contribution is 0.160. The third-order valence-corrected chi connectivity index (χ3v) is 3.37. The highest BCUT2D eigenvalue weighted by Gasteiger charge is 2.13. The van der Waals surface area contributed by atoms with E-state index in [1.165, 1.54) is 5.56 Å². The van der Waals surface area contributed by atoms with Gasteiger partial charge in [0.2, 0.25) is 0 Å². The lowest BCUT2D eigenvalue weighted by Crippen LogP contribution is -2.02. The van der Waals surface area contributed by atoms with E-state index in [4.69, 9.17) is 0 Å². The Morgan fingerprint density at radius 3 is 2.53 bits per heavy atom. The van der Waals surface area contributed by atoms with E-state index >= 15 is 0 Å². The maximum Gasteiger partial charge on any atom is 0.131 e. The molecule has 0 aliphatic carbocycles. The predicted molar refractivity (Wildman–Crippen MR) is 75.5 cm³/mol. The quantitative estimate of drug-likeness (QED) is 0.852. The SMILES string of the molecule is Cc1cccc(C(O)CCCc2ccccc2)c1F. The molecule has 0 fully saturated rings. The van der Waals surface area contributed by atoms with E-state index < -0.39 is 6.10 Å². The molecule has 0 saturated carbocycles. The van der Waals surface area contributed by atoms with Crippen LogP contribution in [-0.2, 0) is 6.42 Å². The largest absolute Gasteiger partial charge is 0.388 e. The van der Waals surface area contributed by atoms with E-state index in [1.807, 2.05) is 18.2 Å². The molecule has 19 heavy (non-hydrogen) atoms. The third kappa shape index (κ3) is 3.65. The van der Waals surface area contributed by atoms with Gasteiger partial charge in [-0.05, 0) is 37.3 Å². The molecular weight excluding hydrogens is 239 g/mol. The molecule has 0 amide bonds. The molecule has 0 bridgehead atoms. The Balaban J connectivity index is 1.91. The summed E-state index contributed by atoms with van der Waals surface area (Å²) in [5.41, 5.74) is 2.24. The van der Waals surface area contributed by atoms with Crippen molar-refractivity contribution in [1.82, 2.24) is 0 Å². The van der Waals surface area contributed by atoms with Gasteiger partial charge in [-0.25, -0.2) is 4.39 Å². The fourth-order valence-electron chi connectivity index (χ4n) is 2.23. The molecule has 2 aromatic rings. The highest BCUT2D eigenvalue weighted by atomic mass is 19.1. The van der Waals surface area contributed by atoms with Crippen LogP contribution in [0, 0.1) is 12.7 Å². The summed E-state index contributed by atoms with van der Waals surface area (Å²) in [7, 11) is 0. The Morgan fingerprint density at radius 1 is 1.05 bits per heavy atom. The molecule has 1 nitrogen and oxygen atoms in total.